The van der Waals surface area contributed by atoms with Gasteiger partial charge in [-0.1, -0.05) is 17.7 Å². The quantitative estimate of drug-likeness (QED) is 0.816. The lowest BCUT2D eigenvalue weighted by Crippen LogP contribution is -2.25. The van der Waals surface area contributed by atoms with Crippen LogP contribution in [0.3, 0.4) is 0 Å². The average Bonchev–Trinajstić information content (AvgIpc) is 2.91. The minimum absolute atomic E-state index is 0.276. The second-order valence-electron chi connectivity index (χ2n) is 4.95. The van der Waals surface area contributed by atoms with Gasteiger partial charge in [-0.05, 0) is 37.6 Å². The lowest BCUT2D eigenvalue weighted by Gasteiger charge is -2.14. The van der Waals surface area contributed by atoms with E-state index in [-0.39, 0.29) is 6.61 Å². The molecule has 0 amide bonds. The first-order valence-electron chi connectivity index (χ1n) is 6.74. The number of ether oxygens (including phenoxy) is 1. The Labute approximate surface area is 119 Å². The van der Waals surface area contributed by atoms with E-state index < -0.39 is 6.10 Å². The number of furan rings is 1. The Morgan fingerprint density at radius 3 is 2.85 bits per heavy atom. The third kappa shape index (κ3) is 4.40. The Hall–Kier alpha value is -1.78. The SMILES string of the molecule is Cc1ccc(NCC(O)COCc2ccco2)c(C)c1. The van der Waals surface area contributed by atoms with Crippen LogP contribution in [0.5, 0.6) is 0 Å². The number of nitrogens with one attached hydrogen (secondary N) is 1. The van der Waals surface area contributed by atoms with Gasteiger partial charge in [0.15, 0.2) is 0 Å². The number of benzene rings is 1. The third-order valence-electron chi connectivity index (χ3n) is 3.04. The summed E-state index contributed by atoms with van der Waals surface area (Å²) in [6.45, 7) is 5.23. The fourth-order valence-electron chi connectivity index (χ4n) is 1.99. The van der Waals surface area contributed by atoms with Crippen molar-refractivity contribution >= 4 is 5.69 Å². The molecule has 4 heteroatoms. The van der Waals surface area contributed by atoms with Gasteiger partial charge in [-0.25, -0.2) is 0 Å². The van der Waals surface area contributed by atoms with Crippen LogP contribution >= 0.6 is 0 Å². The van der Waals surface area contributed by atoms with E-state index in [0.29, 0.717) is 13.2 Å². The molecule has 0 fully saturated rings. The normalized spacial score (nSPS) is 12.3. The van der Waals surface area contributed by atoms with Crippen molar-refractivity contribution in [2.45, 2.75) is 26.6 Å². The Bertz CT molecular complexity index is 523. The van der Waals surface area contributed by atoms with Gasteiger partial charge in [-0.2, -0.15) is 0 Å². The minimum Gasteiger partial charge on any atom is -0.467 e. The van der Waals surface area contributed by atoms with Gasteiger partial charge in [-0.15, -0.1) is 0 Å². The Morgan fingerprint density at radius 1 is 1.30 bits per heavy atom. The smallest absolute Gasteiger partial charge is 0.129 e. The first kappa shape index (κ1) is 14.6. The molecule has 0 spiro atoms. The molecule has 1 aromatic carbocycles. The van der Waals surface area contributed by atoms with Crippen molar-refractivity contribution in [2.24, 2.45) is 0 Å². The predicted molar refractivity (Wildman–Crippen MR) is 78.8 cm³/mol. The van der Waals surface area contributed by atoms with E-state index in [1.807, 2.05) is 18.2 Å². The number of hydrogen-bond acceptors (Lipinski definition) is 4. The fraction of sp³-hybridized carbons (Fsp3) is 0.375. The molecule has 0 saturated heterocycles. The predicted octanol–water partition coefficient (Wildman–Crippen LogP) is 2.89. The second kappa shape index (κ2) is 7.12. The summed E-state index contributed by atoms with van der Waals surface area (Å²) in [7, 11) is 0. The van der Waals surface area contributed by atoms with E-state index in [9.17, 15) is 5.11 Å². The Kier molecular flexibility index (Phi) is 5.21. The van der Waals surface area contributed by atoms with Crippen LogP contribution in [0.1, 0.15) is 16.9 Å². The van der Waals surface area contributed by atoms with Gasteiger partial charge in [0.05, 0.1) is 19.0 Å². The van der Waals surface area contributed by atoms with Gasteiger partial charge in [0.2, 0.25) is 0 Å². The van der Waals surface area contributed by atoms with E-state index in [1.54, 1.807) is 6.26 Å². The van der Waals surface area contributed by atoms with Crippen molar-refractivity contribution in [2.75, 3.05) is 18.5 Å². The molecule has 2 aromatic rings. The largest absolute Gasteiger partial charge is 0.467 e. The van der Waals surface area contributed by atoms with Gasteiger partial charge in [0.25, 0.3) is 0 Å². The average molecular weight is 275 g/mol. The van der Waals surface area contributed by atoms with E-state index in [4.69, 9.17) is 9.15 Å². The maximum atomic E-state index is 9.87. The Morgan fingerprint density at radius 2 is 2.15 bits per heavy atom. The number of aliphatic hydroxyl groups is 1. The molecule has 0 radical (unpaired) electrons. The van der Waals surface area contributed by atoms with Crippen LogP contribution in [0, 0.1) is 13.8 Å². The molecule has 1 unspecified atom stereocenters. The molecular formula is C16H21NO3. The number of anilines is 1. The highest BCUT2D eigenvalue weighted by atomic mass is 16.5. The summed E-state index contributed by atoms with van der Waals surface area (Å²) < 4.78 is 10.5. The molecule has 0 aliphatic rings. The summed E-state index contributed by atoms with van der Waals surface area (Å²) in [5, 5.41) is 13.1. The van der Waals surface area contributed by atoms with Crippen LogP contribution in [-0.2, 0) is 11.3 Å². The number of aryl methyl sites for hydroxylation is 2. The van der Waals surface area contributed by atoms with E-state index in [0.717, 1.165) is 11.4 Å². The molecule has 4 nitrogen and oxygen atoms in total. The number of rotatable bonds is 7. The lowest BCUT2D eigenvalue weighted by atomic mass is 10.1. The maximum absolute atomic E-state index is 9.87. The fourth-order valence-corrected chi connectivity index (χ4v) is 1.99. The monoisotopic (exact) mass is 275 g/mol. The van der Waals surface area contributed by atoms with Crippen LogP contribution in [0.25, 0.3) is 0 Å². The van der Waals surface area contributed by atoms with Crippen LogP contribution in [0.4, 0.5) is 5.69 Å². The van der Waals surface area contributed by atoms with Crippen molar-refractivity contribution < 1.29 is 14.3 Å². The van der Waals surface area contributed by atoms with E-state index >= 15 is 0 Å². The van der Waals surface area contributed by atoms with Crippen LogP contribution in [-0.4, -0.2) is 24.4 Å². The molecule has 0 saturated carbocycles. The highest BCUT2D eigenvalue weighted by molar-refractivity contribution is 5.51. The van der Waals surface area contributed by atoms with Crippen LogP contribution in [0.2, 0.25) is 0 Å². The van der Waals surface area contributed by atoms with Gasteiger partial charge in [0.1, 0.15) is 12.4 Å². The summed E-state index contributed by atoms with van der Waals surface area (Å²) in [6, 6.07) is 9.86. The molecule has 2 rings (SSSR count). The summed E-state index contributed by atoms with van der Waals surface area (Å²) in [6.07, 6.45) is 1.06. The lowest BCUT2D eigenvalue weighted by molar-refractivity contribution is 0.0282. The molecule has 1 atom stereocenters. The third-order valence-corrected chi connectivity index (χ3v) is 3.04. The zero-order valence-corrected chi connectivity index (χ0v) is 11.9. The zero-order chi connectivity index (χ0) is 14.4. The standard InChI is InChI=1S/C16H21NO3/c1-12-5-6-16(13(2)8-12)17-9-14(18)10-19-11-15-4-3-7-20-15/h3-8,14,17-18H,9-11H2,1-2H3. The second-order valence-corrected chi connectivity index (χ2v) is 4.95. The maximum Gasteiger partial charge on any atom is 0.129 e. The Balaban J connectivity index is 1.70. The van der Waals surface area contributed by atoms with E-state index in [1.165, 1.54) is 11.1 Å². The summed E-state index contributed by atoms with van der Waals surface area (Å²) >= 11 is 0. The van der Waals surface area contributed by atoms with Crippen LogP contribution < -0.4 is 5.32 Å². The van der Waals surface area contributed by atoms with Gasteiger partial charge < -0.3 is 19.6 Å². The molecule has 2 N–H and O–H groups in total. The van der Waals surface area contributed by atoms with Gasteiger partial charge in [0, 0.05) is 12.2 Å². The first-order chi connectivity index (χ1) is 9.65. The molecule has 1 heterocycles. The van der Waals surface area contributed by atoms with Crippen molar-refractivity contribution in [3.63, 3.8) is 0 Å². The molecule has 20 heavy (non-hydrogen) atoms. The highest BCUT2D eigenvalue weighted by Gasteiger charge is 2.06. The molecule has 108 valence electrons. The molecular weight excluding hydrogens is 254 g/mol. The van der Waals surface area contributed by atoms with Crippen molar-refractivity contribution in [1.29, 1.82) is 0 Å². The van der Waals surface area contributed by atoms with Gasteiger partial charge >= 0.3 is 0 Å². The molecule has 0 bridgehead atoms. The summed E-state index contributed by atoms with van der Waals surface area (Å²) in [5.41, 5.74) is 3.45. The minimum atomic E-state index is -0.550. The van der Waals surface area contributed by atoms with Crippen LogP contribution in [0.15, 0.2) is 41.0 Å². The summed E-state index contributed by atoms with van der Waals surface area (Å²) in [4.78, 5) is 0. The topological polar surface area (TPSA) is 54.6 Å². The number of aliphatic hydroxyl groups excluding tert-OH is 1. The molecule has 0 aliphatic carbocycles. The highest BCUT2D eigenvalue weighted by Crippen LogP contribution is 2.15. The van der Waals surface area contributed by atoms with E-state index in [2.05, 4.69) is 31.3 Å². The van der Waals surface area contributed by atoms with Crippen molar-refractivity contribution in [3.8, 4) is 0 Å². The zero-order valence-electron chi connectivity index (χ0n) is 11.9. The summed E-state index contributed by atoms with van der Waals surface area (Å²) in [5.74, 6) is 0.763. The van der Waals surface area contributed by atoms with Gasteiger partial charge in [-0.3, -0.25) is 0 Å². The van der Waals surface area contributed by atoms with Crippen molar-refractivity contribution in [3.05, 3.63) is 53.5 Å². The molecule has 0 aliphatic heterocycles. The molecule has 1 aromatic heterocycles. The first-order valence-corrected chi connectivity index (χ1v) is 6.74. The number of hydrogen-bond donors (Lipinski definition) is 2. The van der Waals surface area contributed by atoms with Crippen molar-refractivity contribution in [1.82, 2.24) is 0 Å².